The third-order valence-corrected chi connectivity index (χ3v) is 7.74. The summed E-state index contributed by atoms with van der Waals surface area (Å²) in [6, 6.07) is 12.4. The van der Waals surface area contributed by atoms with E-state index in [0.29, 0.717) is 19.6 Å². The summed E-state index contributed by atoms with van der Waals surface area (Å²) in [6.07, 6.45) is 0. The molecule has 0 radical (unpaired) electrons. The van der Waals surface area contributed by atoms with E-state index in [1.807, 2.05) is 4.90 Å². The second-order valence-corrected chi connectivity index (χ2v) is 9.94. The zero-order chi connectivity index (χ0) is 24.9. The van der Waals surface area contributed by atoms with E-state index in [1.54, 1.807) is 61.3 Å². The number of sulfonamides is 1. The fraction of sp³-hybridized carbons (Fsp3) is 0.435. The minimum Gasteiger partial charge on any atom is -0.493 e. The van der Waals surface area contributed by atoms with E-state index in [0.717, 1.165) is 5.56 Å². The summed E-state index contributed by atoms with van der Waals surface area (Å²) in [6.45, 7) is 0.252. The number of carbonyl (C=O) groups excluding carboxylic acids is 1. The number of rotatable bonds is 9. The van der Waals surface area contributed by atoms with Crippen molar-refractivity contribution in [3.05, 3.63) is 54.1 Å². The van der Waals surface area contributed by atoms with Crippen molar-refractivity contribution in [2.24, 2.45) is 0 Å². The molecule has 1 saturated heterocycles. The Balaban J connectivity index is 1.58. The van der Waals surface area contributed by atoms with Crippen LogP contribution in [-0.4, -0.2) is 81.4 Å². The van der Waals surface area contributed by atoms with Gasteiger partial charge < -0.3 is 14.4 Å². The van der Waals surface area contributed by atoms with Crippen LogP contribution in [0.3, 0.4) is 0 Å². The topological polar surface area (TPSA) is 79.4 Å². The molecule has 3 rings (SSSR count). The van der Waals surface area contributed by atoms with Gasteiger partial charge in [0.05, 0.1) is 18.0 Å². The fourth-order valence-electron chi connectivity index (χ4n) is 3.77. The first-order valence-electron chi connectivity index (χ1n) is 10.8. The Morgan fingerprint density at radius 3 is 2.29 bits per heavy atom. The number of methoxy groups -OCH3 is 1. The van der Waals surface area contributed by atoms with Crippen molar-refractivity contribution < 1.29 is 31.5 Å². The molecule has 0 bridgehead atoms. The van der Waals surface area contributed by atoms with E-state index in [1.165, 1.54) is 17.5 Å². The maximum atomic E-state index is 13.0. The molecule has 8 nitrogen and oxygen atoms in total. The van der Waals surface area contributed by atoms with E-state index in [-0.39, 0.29) is 35.4 Å². The molecule has 2 aromatic carbocycles. The summed E-state index contributed by atoms with van der Waals surface area (Å²) in [7, 11) is -0.438. The van der Waals surface area contributed by atoms with Gasteiger partial charge >= 0.3 is 6.61 Å². The molecule has 2 aromatic rings. The number of nitrogens with zero attached hydrogens (tertiary/aromatic N) is 3. The molecule has 11 heteroatoms. The molecule has 1 fully saturated rings. The van der Waals surface area contributed by atoms with Crippen molar-refractivity contribution in [2.45, 2.75) is 31.0 Å². The number of hydrogen-bond donors (Lipinski definition) is 0. The lowest BCUT2D eigenvalue weighted by Gasteiger charge is -2.37. The maximum Gasteiger partial charge on any atom is 0.387 e. The average molecular weight is 498 g/mol. The quantitative estimate of drug-likeness (QED) is 0.530. The second kappa shape index (κ2) is 11.1. The van der Waals surface area contributed by atoms with E-state index >= 15 is 0 Å². The van der Waals surface area contributed by atoms with Crippen LogP contribution >= 0.6 is 0 Å². The number of ether oxygens (including phenoxy) is 2. The summed E-state index contributed by atoms with van der Waals surface area (Å²) < 4.78 is 61.6. The number of piperazine rings is 1. The Morgan fingerprint density at radius 2 is 1.71 bits per heavy atom. The van der Waals surface area contributed by atoms with Gasteiger partial charge in [0.25, 0.3) is 0 Å². The van der Waals surface area contributed by atoms with E-state index in [9.17, 15) is 22.0 Å². The lowest BCUT2D eigenvalue weighted by atomic mass is 10.1. The lowest BCUT2D eigenvalue weighted by molar-refractivity contribution is -0.137. The number of hydrogen-bond acceptors (Lipinski definition) is 6. The molecular weight excluding hydrogens is 468 g/mol. The van der Waals surface area contributed by atoms with Crippen molar-refractivity contribution in [1.82, 2.24) is 14.1 Å². The number of amides is 1. The zero-order valence-electron chi connectivity index (χ0n) is 19.4. The lowest BCUT2D eigenvalue weighted by Crippen LogP contribution is -2.54. The second-order valence-electron chi connectivity index (χ2n) is 8.00. The molecule has 0 N–H and O–H groups in total. The number of benzene rings is 2. The van der Waals surface area contributed by atoms with Crippen LogP contribution in [0, 0.1) is 0 Å². The van der Waals surface area contributed by atoms with Crippen LogP contribution in [0.15, 0.2) is 53.4 Å². The number of likely N-dealkylation sites (N-methyl/N-ethyl adjacent to an activating group) is 1. The summed E-state index contributed by atoms with van der Waals surface area (Å²) in [5.41, 5.74) is 0.763. The minimum atomic E-state index is -3.59. The Hall–Kier alpha value is -2.76. The molecule has 0 spiro atoms. The molecule has 0 aromatic heterocycles. The van der Waals surface area contributed by atoms with Crippen LogP contribution in [0.2, 0.25) is 0 Å². The first kappa shape index (κ1) is 25.9. The van der Waals surface area contributed by atoms with Crippen molar-refractivity contribution >= 4 is 15.9 Å². The molecule has 1 amide bonds. The SMILES string of the molecule is COc1cc(CN(C)[C@H](C)C(=O)N2CCN(S(=O)(=O)c3ccccc3)CC2)ccc1OC(F)F. The Kier molecular flexibility index (Phi) is 8.45. The van der Waals surface area contributed by atoms with Crippen molar-refractivity contribution in [1.29, 1.82) is 0 Å². The summed E-state index contributed by atoms with van der Waals surface area (Å²) in [5.74, 6) is 0.0150. The first-order valence-corrected chi connectivity index (χ1v) is 12.2. The van der Waals surface area contributed by atoms with E-state index in [4.69, 9.17) is 4.74 Å². The van der Waals surface area contributed by atoms with Gasteiger partial charge in [-0.05, 0) is 43.8 Å². The van der Waals surface area contributed by atoms with E-state index < -0.39 is 22.7 Å². The molecule has 1 aliphatic heterocycles. The normalized spacial score (nSPS) is 16.0. The summed E-state index contributed by atoms with van der Waals surface area (Å²) in [5, 5.41) is 0. The van der Waals surface area contributed by atoms with Gasteiger partial charge in [0, 0.05) is 32.7 Å². The largest absolute Gasteiger partial charge is 0.493 e. The highest BCUT2D eigenvalue weighted by atomic mass is 32.2. The molecule has 1 atom stereocenters. The third kappa shape index (κ3) is 6.02. The molecular formula is C23H29F2N3O5S. The fourth-order valence-corrected chi connectivity index (χ4v) is 5.21. The molecule has 34 heavy (non-hydrogen) atoms. The predicted octanol–water partition coefficient (Wildman–Crippen LogP) is 2.65. The van der Waals surface area contributed by atoms with Crippen LogP contribution in [0.5, 0.6) is 11.5 Å². The van der Waals surface area contributed by atoms with Gasteiger partial charge in [-0.1, -0.05) is 24.3 Å². The van der Waals surface area contributed by atoms with Gasteiger partial charge in [-0.2, -0.15) is 13.1 Å². The maximum absolute atomic E-state index is 13.0. The number of alkyl halides is 2. The van der Waals surface area contributed by atoms with Crippen molar-refractivity contribution in [3.8, 4) is 11.5 Å². The van der Waals surface area contributed by atoms with E-state index in [2.05, 4.69) is 4.74 Å². The molecule has 1 heterocycles. The van der Waals surface area contributed by atoms with Gasteiger partial charge in [-0.3, -0.25) is 9.69 Å². The van der Waals surface area contributed by atoms with Gasteiger partial charge in [0.2, 0.25) is 15.9 Å². The highest BCUT2D eigenvalue weighted by molar-refractivity contribution is 7.89. The van der Waals surface area contributed by atoms with Gasteiger partial charge in [0.1, 0.15) is 0 Å². The molecule has 186 valence electrons. The standard InChI is InChI=1S/C23H29F2N3O5S/c1-17(26(2)16-18-9-10-20(33-23(24)25)21(15-18)32-3)22(29)27-11-13-28(14-12-27)34(30,31)19-7-5-4-6-8-19/h4-10,15,17,23H,11-14,16H2,1-3H3/t17-/m1/s1. The first-order chi connectivity index (χ1) is 16.1. The third-order valence-electron chi connectivity index (χ3n) is 5.83. The smallest absolute Gasteiger partial charge is 0.387 e. The van der Waals surface area contributed by atoms with Crippen LogP contribution in [0.1, 0.15) is 12.5 Å². The van der Waals surface area contributed by atoms with Gasteiger partial charge in [0.15, 0.2) is 11.5 Å². The molecule has 1 aliphatic rings. The van der Waals surface area contributed by atoms with Crippen LogP contribution in [0.4, 0.5) is 8.78 Å². The number of carbonyl (C=O) groups is 1. The average Bonchev–Trinajstić information content (AvgIpc) is 2.84. The highest BCUT2D eigenvalue weighted by Gasteiger charge is 2.32. The van der Waals surface area contributed by atoms with Gasteiger partial charge in [-0.15, -0.1) is 0 Å². The van der Waals surface area contributed by atoms with Crippen LogP contribution in [-0.2, 0) is 21.4 Å². The summed E-state index contributed by atoms with van der Waals surface area (Å²) in [4.78, 5) is 16.8. The van der Waals surface area contributed by atoms with Crippen molar-refractivity contribution in [3.63, 3.8) is 0 Å². The van der Waals surface area contributed by atoms with Gasteiger partial charge in [-0.25, -0.2) is 8.42 Å². The predicted molar refractivity (Wildman–Crippen MR) is 122 cm³/mol. The number of halogens is 2. The molecule has 0 saturated carbocycles. The monoisotopic (exact) mass is 497 g/mol. The Morgan fingerprint density at radius 1 is 1.06 bits per heavy atom. The zero-order valence-corrected chi connectivity index (χ0v) is 20.2. The Bertz CT molecular complexity index is 1080. The minimum absolute atomic E-state index is 0.0589. The van der Waals surface area contributed by atoms with Crippen LogP contribution < -0.4 is 9.47 Å². The molecule has 0 aliphatic carbocycles. The Labute approximate surface area is 198 Å². The summed E-state index contributed by atoms with van der Waals surface area (Å²) >= 11 is 0. The highest BCUT2D eigenvalue weighted by Crippen LogP contribution is 2.30. The van der Waals surface area contributed by atoms with Crippen LogP contribution in [0.25, 0.3) is 0 Å². The molecule has 0 unspecified atom stereocenters. The van der Waals surface area contributed by atoms with Crippen molar-refractivity contribution in [2.75, 3.05) is 40.3 Å².